The van der Waals surface area contributed by atoms with Gasteiger partial charge in [0.15, 0.2) is 0 Å². The summed E-state index contributed by atoms with van der Waals surface area (Å²) >= 11 is 0. The Morgan fingerprint density at radius 3 is 2.09 bits per heavy atom. The molecule has 0 radical (unpaired) electrons. The fourth-order valence-corrected chi connectivity index (χ4v) is 2.97. The molecule has 0 amide bonds. The first-order chi connectivity index (χ1) is 10.3. The Morgan fingerprint density at radius 2 is 1.50 bits per heavy atom. The van der Waals surface area contributed by atoms with E-state index in [0.717, 1.165) is 25.8 Å². The second-order valence-electron chi connectivity index (χ2n) is 6.30. The lowest BCUT2D eigenvalue weighted by molar-refractivity contribution is 0.135. The van der Waals surface area contributed by atoms with Gasteiger partial charge in [0.2, 0.25) is 0 Å². The van der Waals surface area contributed by atoms with Gasteiger partial charge in [0.25, 0.3) is 10.1 Å². The van der Waals surface area contributed by atoms with Crippen molar-refractivity contribution in [1.29, 1.82) is 0 Å². The smallest absolute Gasteiger partial charge is 0.264 e. The van der Waals surface area contributed by atoms with E-state index >= 15 is 0 Å². The molecule has 2 N–H and O–H groups in total. The highest BCUT2D eigenvalue weighted by molar-refractivity contribution is 7.85. The van der Waals surface area contributed by atoms with Gasteiger partial charge >= 0.3 is 0 Å². The number of hydrogen-bond donors (Lipinski definition) is 2. The second kappa shape index (κ2) is 13.3. The van der Waals surface area contributed by atoms with Gasteiger partial charge in [-0.15, -0.1) is 0 Å². The molecule has 0 saturated heterocycles. The Morgan fingerprint density at radius 1 is 0.909 bits per heavy atom. The van der Waals surface area contributed by atoms with Gasteiger partial charge in [0.05, 0.1) is 11.9 Å². The molecule has 0 saturated carbocycles. The van der Waals surface area contributed by atoms with Crippen LogP contribution < -0.4 is 0 Å². The number of nitrogens with zero attached hydrogens (tertiary/aromatic N) is 1. The van der Waals surface area contributed by atoms with Crippen molar-refractivity contribution in [2.45, 2.75) is 77.2 Å². The fourth-order valence-electron chi connectivity index (χ4n) is 2.48. The molecule has 134 valence electrons. The standard InChI is InChI=1S/C16H35NO4S/c1-3-4-5-6-7-8-9-11-16(18)12-14-17(2)13-10-15-22(19,20)21/h16,18H,3-15H2,1-2H3,(H,19,20,21). The molecule has 0 aromatic rings. The van der Waals surface area contributed by atoms with Crippen LogP contribution in [0.25, 0.3) is 0 Å². The van der Waals surface area contributed by atoms with Gasteiger partial charge in [0.1, 0.15) is 0 Å². The van der Waals surface area contributed by atoms with Crippen molar-refractivity contribution in [3.8, 4) is 0 Å². The molecule has 0 aliphatic carbocycles. The van der Waals surface area contributed by atoms with Gasteiger partial charge in [-0.3, -0.25) is 4.55 Å². The predicted molar refractivity (Wildman–Crippen MR) is 91.8 cm³/mol. The summed E-state index contributed by atoms with van der Waals surface area (Å²) in [6, 6.07) is 0. The van der Waals surface area contributed by atoms with Crippen LogP contribution in [0.5, 0.6) is 0 Å². The monoisotopic (exact) mass is 337 g/mol. The van der Waals surface area contributed by atoms with Crippen LogP contribution >= 0.6 is 0 Å². The van der Waals surface area contributed by atoms with E-state index in [9.17, 15) is 13.5 Å². The van der Waals surface area contributed by atoms with Crippen LogP contribution in [0.1, 0.15) is 71.1 Å². The first-order valence-corrected chi connectivity index (χ1v) is 10.3. The molecular formula is C16H35NO4S. The third-order valence-corrected chi connectivity index (χ3v) is 4.73. The van der Waals surface area contributed by atoms with E-state index in [1.54, 1.807) is 0 Å². The normalized spacial score (nSPS) is 13.7. The zero-order valence-electron chi connectivity index (χ0n) is 14.3. The van der Waals surface area contributed by atoms with Crippen molar-refractivity contribution in [3.05, 3.63) is 0 Å². The van der Waals surface area contributed by atoms with Crippen LogP contribution in [0.4, 0.5) is 0 Å². The van der Waals surface area contributed by atoms with Gasteiger partial charge in [-0.25, -0.2) is 0 Å². The average molecular weight is 338 g/mol. The molecule has 0 aliphatic rings. The zero-order valence-corrected chi connectivity index (χ0v) is 15.2. The molecule has 22 heavy (non-hydrogen) atoms. The Hall–Kier alpha value is -0.170. The maximum absolute atomic E-state index is 10.6. The number of rotatable bonds is 15. The summed E-state index contributed by atoms with van der Waals surface area (Å²) in [6.45, 7) is 3.59. The maximum Gasteiger partial charge on any atom is 0.264 e. The molecule has 0 aromatic carbocycles. The van der Waals surface area contributed by atoms with Crippen molar-refractivity contribution >= 4 is 10.1 Å². The summed E-state index contributed by atoms with van der Waals surface area (Å²) in [5.41, 5.74) is 0. The third kappa shape index (κ3) is 16.2. The van der Waals surface area contributed by atoms with Crippen LogP contribution in [0.2, 0.25) is 0 Å². The zero-order chi connectivity index (χ0) is 16.8. The Labute approximate surface area is 136 Å². The predicted octanol–water partition coefficient (Wildman–Crippen LogP) is 3.09. The van der Waals surface area contributed by atoms with E-state index in [-0.39, 0.29) is 11.9 Å². The lowest BCUT2D eigenvalue weighted by Crippen LogP contribution is -2.25. The summed E-state index contributed by atoms with van der Waals surface area (Å²) in [7, 11) is -1.94. The Balaban J connectivity index is 3.45. The largest absolute Gasteiger partial charge is 0.393 e. The van der Waals surface area contributed by atoms with Crippen LogP contribution in [0.3, 0.4) is 0 Å². The van der Waals surface area contributed by atoms with E-state index in [1.165, 1.54) is 38.5 Å². The topological polar surface area (TPSA) is 77.8 Å². The fraction of sp³-hybridized carbons (Fsp3) is 1.00. The SMILES string of the molecule is CCCCCCCCCC(O)CCN(C)CCCS(=O)(=O)O. The van der Waals surface area contributed by atoms with E-state index in [1.807, 2.05) is 11.9 Å². The first-order valence-electron chi connectivity index (χ1n) is 8.67. The molecule has 1 unspecified atom stereocenters. The second-order valence-corrected chi connectivity index (χ2v) is 7.87. The van der Waals surface area contributed by atoms with Gasteiger partial charge in [-0.1, -0.05) is 51.9 Å². The van der Waals surface area contributed by atoms with Crippen LogP contribution in [-0.2, 0) is 10.1 Å². The minimum absolute atomic E-state index is 0.197. The molecule has 0 spiro atoms. The Kier molecular flexibility index (Phi) is 13.2. The van der Waals surface area contributed by atoms with Crippen molar-refractivity contribution in [1.82, 2.24) is 4.90 Å². The maximum atomic E-state index is 10.6. The summed E-state index contributed by atoms with van der Waals surface area (Å²) in [4.78, 5) is 2.00. The number of hydrogen-bond acceptors (Lipinski definition) is 4. The minimum atomic E-state index is -3.85. The molecule has 0 aromatic heterocycles. The molecule has 0 fully saturated rings. The molecular weight excluding hydrogens is 302 g/mol. The quantitative estimate of drug-likeness (QED) is 0.355. The van der Waals surface area contributed by atoms with Crippen LogP contribution in [0, 0.1) is 0 Å². The van der Waals surface area contributed by atoms with Gasteiger partial charge in [-0.2, -0.15) is 8.42 Å². The average Bonchev–Trinajstić information content (AvgIpc) is 2.43. The minimum Gasteiger partial charge on any atom is -0.393 e. The van der Waals surface area contributed by atoms with Crippen LogP contribution in [-0.4, -0.2) is 55.0 Å². The number of unbranched alkanes of at least 4 members (excludes halogenated alkanes) is 6. The van der Waals surface area contributed by atoms with Crippen molar-refractivity contribution < 1.29 is 18.1 Å². The molecule has 0 bridgehead atoms. The molecule has 5 nitrogen and oxygen atoms in total. The molecule has 1 atom stereocenters. The van der Waals surface area contributed by atoms with Gasteiger partial charge in [0, 0.05) is 6.54 Å². The van der Waals surface area contributed by atoms with Crippen molar-refractivity contribution in [3.63, 3.8) is 0 Å². The molecule has 6 heteroatoms. The highest BCUT2D eigenvalue weighted by Crippen LogP contribution is 2.11. The lowest BCUT2D eigenvalue weighted by Gasteiger charge is -2.18. The van der Waals surface area contributed by atoms with Crippen LogP contribution in [0.15, 0.2) is 0 Å². The summed E-state index contributed by atoms with van der Waals surface area (Å²) < 4.78 is 29.9. The van der Waals surface area contributed by atoms with Gasteiger partial charge in [-0.05, 0) is 32.9 Å². The molecule has 0 heterocycles. The highest BCUT2D eigenvalue weighted by Gasteiger charge is 2.08. The highest BCUT2D eigenvalue weighted by atomic mass is 32.2. The Bertz CT molecular complexity index is 346. The molecule has 0 rings (SSSR count). The summed E-state index contributed by atoms with van der Waals surface area (Å²) in [5, 5.41) is 9.93. The van der Waals surface area contributed by atoms with E-state index < -0.39 is 10.1 Å². The number of aliphatic hydroxyl groups is 1. The lowest BCUT2D eigenvalue weighted by atomic mass is 10.0. The number of aliphatic hydroxyl groups excluding tert-OH is 1. The summed E-state index contributed by atoms with van der Waals surface area (Å²) in [6.07, 6.45) is 10.5. The third-order valence-electron chi connectivity index (χ3n) is 3.93. The molecule has 0 aliphatic heterocycles. The van der Waals surface area contributed by atoms with Gasteiger partial charge < -0.3 is 10.0 Å². The summed E-state index contributed by atoms with van der Waals surface area (Å²) in [5.74, 6) is -0.197. The van der Waals surface area contributed by atoms with Crippen molar-refractivity contribution in [2.75, 3.05) is 25.9 Å². The first kappa shape index (κ1) is 21.8. The van der Waals surface area contributed by atoms with Crippen molar-refractivity contribution in [2.24, 2.45) is 0 Å². The van der Waals surface area contributed by atoms with E-state index in [0.29, 0.717) is 13.0 Å². The van der Waals surface area contributed by atoms with E-state index in [2.05, 4.69) is 6.92 Å². The van der Waals surface area contributed by atoms with E-state index in [4.69, 9.17) is 4.55 Å².